The molecule has 5 heteroatoms. The summed E-state index contributed by atoms with van der Waals surface area (Å²) in [5.74, 6) is 0. The van der Waals surface area contributed by atoms with E-state index in [2.05, 4.69) is 32.9 Å². The Morgan fingerprint density at radius 1 is 1.03 bits per heavy atom. The molecule has 0 saturated carbocycles. The van der Waals surface area contributed by atoms with Crippen LogP contribution in [0.5, 0.6) is 0 Å². The zero-order chi connectivity index (χ0) is 21.2. The van der Waals surface area contributed by atoms with E-state index >= 15 is 0 Å². The standard InChI is InChI=1S/C24H21N3OS/c1-16-7-5-6-8-20(16)27-22(28)21(29-23(27)18(14-25)15-26)13-17-9-11-19(12-10-17)24(2,3)4/h5-13H,1-4H3/b21-13-. The summed E-state index contributed by atoms with van der Waals surface area (Å²) >= 11 is 1.16. The number of thiazole rings is 1. The van der Waals surface area contributed by atoms with Crippen molar-refractivity contribution >= 4 is 23.0 Å². The van der Waals surface area contributed by atoms with E-state index in [0.717, 1.165) is 22.5 Å². The molecule has 0 saturated heterocycles. The minimum atomic E-state index is -0.234. The van der Waals surface area contributed by atoms with Gasteiger partial charge in [0.25, 0.3) is 5.56 Å². The van der Waals surface area contributed by atoms with Crippen LogP contribution >= 0.6 is 11.3 Å². The van der Waals surface area contributed by atoms with E-state index in [1.165, 1.54) is 10.1 Å². The molecule has 0 atom stereocenters. The van der Waals surface area contributed by atoms with E-state index < -0.39 is 0 Å². The van der Waals surface area contributed by atoms with Gasteiger partial charge in [-0.3, -0.25) is 9.36 Å². The first kappa shape index (κ1) is 20.3. The summed E-state index contributed by atoms with van der Waals surface area (Å²) in [6.07, 6.45) is 1.81. The van der Waals surface area contributed by atoms with Gasteiger partial charge >= 0.3 is 0 Å². The molecule has 0 N–H and O–H groups in total. The molecular formula is C24H21N3OS. The fourth-order valence-corrected chi connectivity index (χ4v) is 4.08. The number of aryl methyl sites for hydroxylation is 1. The quantitative estimate of drug-likeness (QED) is 0.662. The first-order valence-corrected chi connectivity index (χ1v) is 10.0. The molecule has 29 heavy (non-hydrogen) atoms. The molecule has 0 amide bonds. The van der Waals surface area contributed by atoms with Gasteiger partial charge in [-0.1, -0.05) is 63.2 Å². The second-order valence-electron chi connectivity index (χ2n) is 7.81. The average Bonchev–Trinajstić information content (AvgIpc) is 2.99. The van der Waals surface area contributed by atoms with Crippen molar-refractivity contribution in [3.8, 4) is 17.8 Å². The Morgan fingerprint density at radius 3 is 2.21 bits per heavy atom. The number of nitriles is 2. The number of para-hydroxylation sites is 1. The molecule has 1 aromatic heterocycles. The fourth-order valence-electron chi connectivity index (χ4n) is 3.03. The van der Waals surface area contributed by atoms with E-state index in [9.17, 15) is 15.3 Å². The molecule has 0 spiro atoms. The van der Waals surface area contributed by atoms with Crippen LogP contribution < -0.4 is 14.8 Å². The van der Waals surface area contributed by atoms with Crippen LogP contribution in [-0.2, 0) is 5.41 Å². The van der Waals surface area contributed by atoms with Crippen molar-refractivity contribution in [1.82, 2.24) is 4.57 Å². The Balaban J connectivity index is 2.30. The second-order valence-corrected chi connectivity index (χ2v) is 8.84. The molecule has 1 heterocycles. The van der Waals surface area contributed by atoms with Gasteiger partial charge in [-0.25, -0.2) is 0 Å². The molecule has 3 aromatic rings. The van der Waals surface area contributed by atoms with Crippen molar-refractivity contribution in [3.05, 3.63) is 84.8 Å². The van der Waals surface area contributed by atoms with E-state index in [0.29, 0.717) is 14.9 Å². The monoisotopic (exact) mass is 399 g/mol. The van der Waals surface area contributed by atoms with Crippen molar-refractivity contribution in [2.24, 2.45) is 0 Å². The molecule has 0 aliphatic heterocycles. The highest BCUT2D eigenvalue weighted by molar-refractivity contribution is 7.07. The maximum atomic E-state index is 13.2. The van der Waals surface area contributed by atoms with Crippen LogP contribution in [0, 0.1) is 29.6 Å². The molecule has 0 radical (unpaired) electrons. The van der Waals surface area contributed by atoms with Gasteiger partial charge in [0.05, 0.1) is 10.2 Å². The predicted octanol–water partition coefficient (Wildman–Crippen LogP) is 3.53. The third kappa shape index (κ3) is 4.06. The lowest BCUT2D eigenvalue weighted by Gasteiger charge is -2.18. The maximum Gasteiger partial charge on any atom is 0.273 e. The van der Waals surface area contributed by atoms with Crippen LogP contribution in [0.1, 0.15) is 37.5 Å². The first-order chi connectivity index (χ1) is 13.8. The maximum absolute atomic E-state index is 13.2. The summed E-state index contributed by atoms with van der Waals surface area (Å²) in [6, 6.07) is 19.4. The van der Waals surface area contributed by atoms with E-state index in [-0.39, 0.29) is 16.5 Å². The zero-order valence-corrected chi connectivity index (χ0v) is 17.7. The smallest absolute Gasteiger partial charge is 0.267 e. The number of hydrogen-bond acceptors (Lipinski definition) is 4. The van der Waals surface area contributed by atoms with Crippen molar-refractivity contribution in [2.75, 3.05) is 0 Å². The molecule has 0 aliphatic carbocycles. The molecule has 144 valence electrons. The zero-order valence-electron chi connectivity index (χ0n) is 16.9. The number of nitrogens with zero attached hydrogens (tertiary/aromatic N) is 3. The average molecular weight is 400 g/mol. The number of hydrogen-bond donors (Lipinski definition) is 0. The number of benzene rings is 2. The summed E-state index contributed by atoms with van der Waals surface area (Å²) in [5, 5.41) is 18.8. The Labute approximate surface area is 173 Å². The predicted molar refractivity (Wildman–Crippen MR) is 117 cm³/mol. The molecule has 0 bridgehead atoms. The minimum absolute atomic E-state index is 0.0512. The van der Waals surface area contributed by atoms with Gasteiger partial charge in [0.2, 0.25) is 0 Å². The molecule has 0 fully saturated rings. The Kier molecular flexibility index (Phi) is 5.55. The summed E-state index contributed by atoms with van der Waals surface area (Å²) in [7, 11) is 0. The van der Waals surface area contributed by atoms with Gasteiger partial charge in [-0.2, -0.15) is 10.5 Å². The summed E-state index contributed by atoms with van der Waals surface area (Å²) in [4.78, 5) is 13.2. The largest absolute Gasteiger partial charge is 0.273 e. The normalized spacial score (nSPS) is 11.7. The summed E-state index contributed by atoms with van der Waals surface area (Å²) in [6.45, 7) is 8.36. The minimum Gasteiger partial charge on any atom is -0.267 e. The molecule has 0 unspecified atom stereocenters. The van der Waals surface area contributed by atoms with Gasteiger partial charge < -0.3 is 0 Å². The van der Waals surface area contributed by atoms with Crippen LogP contribution in [0.25, 0.3) is 17.3 Å². The lowest BCUT2D eigenvalue weighted by atomic mass is 9.87. The van der Waals surface area contributed by atoms with E-state index in [1.54, 1.807) is 0 Å². The molecular weight excluding hydrogens is 378 g/mol. The number of aromatic nitrogens is 1. The van der Waals surface area contributed by atoms with Crippen molar-refractivity contribution in [3.63, 3.8) is 0 Å². The topological polar surface area (TPSA) is 69.6 Å². The van der Waals surface area contributed by atoms with E-state index in [4.69, 9.17) is 0 Å². The summed E-state index contributed by atoms with van der Waals surface area (Å²) in [5.41, 5.74) is 3.42. The highest BCUT2D eigenvalue weighted by Gasteiger charge is 2.14. The van der Waals surface area contributed by atoms with Crippen LogP contribution in [0.15, 0.2) is 53.3 Å². The van der Waals surface area contributed by atoms with Crippen LogP contribution in [0.2, 0.25) is 0 Å². The highest BCUT2D eigenvalue weighted by atomic mass is 32.1. The van der Waals surface area contributed by atoms with Crippen LogP contribution in [0.4, 0.5) is 0 Å². The van der Waals surface area contributed by atoms with Gasteiger partial charge in [0.15, 0.2) is 5.57 Å². The van der Waals surface area contributed by atoms with Gasteiger partial charge in [-0.05, 0) is 41.2 Å². The third-order valence-electron chi connectivity index (χ3n) is 4.69. The lowest BCUT2D eigenvalue weighted by molar-refractivity contribution is 0.590. The van der Waals surface area contributed by atoms with Crippen molar-refractivity contribution < 1.29 is 0 Å². The molecule has 2 aromatic carbocycles. The SMILES string of the molecule is Cc1ccccc1-n1c(=C(C#N)C#N)s/c(=C\c2ccc(C(C)(C)C)cc2)c1=O. The Bertz CT molecular complexity index is 1310. The highest BCUT2D eigenvalue weighted by Crippen LogP contribution is 2.22. The van der Waals surface area contributed by atoms with Crippen molar-refractivity contribution in [1.29, 1.82) is 10.5 Å². The Morgan fingerprint density at radius 2 is 1.66 bits per heavy atom. The summed E-state index contributed by atoms with van der Waals surface area (Å²) < 4.78 is 2.30. The van der Waals surface area contributed by atoms with Crippen LogP contribution in [0.3, 0.4) is 0 Å². The van der Waals surface area contributed by atoms with Gasteiger partial charge in [0, 0.05) is 0 Å². The first-order valence-electron chi connectivity index (χ1n) is 9.21. The van der Waals surface area contributed by atoms with Gasteiger partial charge in [-0.15, -0.1) is 11.3 Å². The van der Waals surface area contributed by atoms with Crippen LogP contribution in [-0.4, -0.2) is 4.57 Å². The number of rotatable bonds is 2. The second kappa shape index (κ2) is 7.91. The third-order valence-corrected chi connectivity index (χ3v) is 5.78. The Hall–Kier alpha value is -3.41. The molecule has 4 nitrogen and oxygen atoms in total. The fraction of sp³-hybridized carbons (Fsp3) is 0.208. The lowest BCUT2D eigenvalue weighted by Crippen LogP contribution is -2.31. The van der Waals surface area contributed by atoms with E-state index in [1.807, 2.05) is 61.5 Å². The molecule has 0 aliphatic rings. The van der Waals surface area contributed by atoms with Gasteiger partial charge in [0.1, 0.15) is 16.8 Å². The molecule has 3 rings (SSSR count). The van der Waals surface area contributed by atoms with Crippen molar-refractivity contribution in [2.45, 2.75) is 33.1 Å².